The summed E-state index contributed by atoms with van der Waals surface area (Å²) in [6.45, 7) is 2.94. The number of ether oxygens (including phenoxy) is 1. The molecule has 1 heterocycles. The third kappa shape index (κ3) is 2.09. The second kappa shape index (κ2) is 4.66. The summed E-state index contributed by atoms with van der Waals surface area (Å²) in [5, 5.41) is 0. The van der Waals surface area contributed by atoms with Gasteiger partial charge in [0, 0.05) is 12.6 Å². The lowest BCUT2D eigenvalue weighted by molar-refractivity contribution is -0.141. The Kier molecular flexibility index (Phi) is 3.25. The number of nitrogens with zero attached hydrogens (tertiary/aromatic N) is 1. The molecule has 0 radical (unpaired) electrons. The maximum absolute atomic E-state index is 11.5. The molecular weight excluding hydrogens is 202 g/mol. The molecule has 0 bridgehead atoms. The first kappa shape index (κ1) is 11.1. The molecule has 1 saturated heterocycles. The number of rotatable bonds is 4. The van der Waals surface area contributed by atoms with Gasteiger partial charge in [-0.3, -0.25) is 9.69 Å². The van der Waals surface area contributed by atoms with Gasteiger partial charge in [-0.15, -0.1) is 0 Å². The van der Waals surface area contributed by atoms with Crippen molar-refractivity contribution in [2.45, 2.75) is 32.0 Å². The monoisotopic (exact) mass is 219 g/mol. The van der Waals surface area contributed by atoms with Crippen molar-refractivity contribution in [3.8, 4) is 0 Å². The molecular formula is C13H17NO2. The predicted octanol–water partition coefficient (Wildman–Crippen LogP) is 1.82. The van der Waals surface area contributed by atoms with Gasteiger partial charge in [-0.25, -0.2) is 0 Å². The van der Waals surface area contributed by atoms with E-state index >= 15 is 0 Å². The van der Waals surface area contributed by atoms with E-state index in [9.17, 15) is 4.79 Å². The van der Waals surface area contributed by atoms with E-state index in [0.717, 1.165) is 13.0 Å². The number of methoxy groups -OCH3 is 1. The number of esters is 1. The molecule has 1 unspecified atom stereocenters. The Balaban J connectivity index is 1.99. The molecule has 1 aromatic rings. The summed E-state index contributed by atoms with van der Waals surface area (Å²) in [6.07, 6.45) is 0.993. The van der Waals surface area contributed by atoms with Crippen LogP contribution in [-0.2, 0) is 16.1 Å². The number of hydrogen-bond donors (Lipinski definition) is 0. The molecule has 16 heavy (non-hydrogen) atoms. The zero-order valence-corrected chi connectivity index (χ0v) is 9.72. The molecule has 0 aromatic heterocycles. The Morgan fingerprint density at radius 2 is 2.06 bits per heavy atom. The van der Waals surface area contributed by atoms with E-state index in [1.807, 2.05) is 18.2 Å². The lowest BCUT2D eigenvalue weighted by Gasteiger charge is -2.03. The predicted molar refractivity (Wildman–Crippen MR) is 61.9 cm³/mol. The Morgan fingerprint density at radius 1 is 1.38 bits per heavy atom. The van der Waals surface area contributed by atoms with Gasteiger partial charge in [-0.1, -0.05) is 37.3 Å². The lowest BCUT2D eigenvalue weighted by atomic mass is 10.2. The van der Waals surface area contributed by atoms with E-state index in [0.29, 0.717) is 6.04 Å². The van der Waals surface area contributed by atoms with Gasteiger partial charge in [-0.2, -0.15) is 0 Å². The zero-order valence-electron chi connectivity index (χ0n) is 9.72. The molecule has 1 aliphatic rings. The van der Waals surface area contributed by atoms with Crippen molar-refractivity contribution in [1.82, 2.24) is 4.90 Å². The van der Waals surface area contributed by atoms with Gasteiger partial charge >= 0.3 is 5.97 Å². The topological polar surface area (TPSA) is 29.3 Å². The van der Waals surface area contributed by atoms with Gasteiger partial charge in [0.2, 0.25) is 0 Å². The number of carbonyl (C=O) groups excluding carboxylic acids is 1. The molecule has 1 fully saturated rings. The maximum Gasteiger partial charge on any atom is 0.324 e. The van der Waals surface area contributed by atoms with E-state index in [-0.39, 0.29) is 12.0 Å². The molecule has 2 rings (SSSR count). The molecule has 3 atom stereocenters. The van der Waals surface area contributed by atoms with Gasteiger partial charge in [0.15, 0.2) is 0 Å². The SMILES string of the molecule is CC[C@H]1[C@H](C(=O)OC)N1Cc1ccccc1. The average Bonchev–Trinajstić information content (AvgIpc) is 3.02. The fourth-order valence-corrected chi connectivity index (χ4v) is 2.21. The highest BCUT2D eigenvalue weighted by molar-refractivity contribution is 5.80. The van der Waals surface area contributed by atoms with E-state index in [2.05, 4.69) is 24.0 Å². The first-order valence-corrected chi connectivity index (χ1v) is 5.65. The van der Waals surface area contributed by atoms with Gasteiger partial charge in [0.1, 0.15) is 6.04 Å². The van der Waals surface area contributed by atoms with E-state index < -0.39 is 0 Å². The molecule has 1 aromatic carbocycles. The van der Waals surface area contributed by atoms with Crippen molar-refractivity contribution in [3.05, 3.63) is 35.9 Å². The van der Waals surface area contributed by atoms with E-state index in [1.165, 1.54) is 12.7 Å². The Morgan fingerprint density at radius 3 is 2.62 bits per heavy atom. The zero-order chi connectivity index (χ0) is 11.5. The van der Waals surface area contributed by atoms with Gasteiger partial charge < -0.3 is 4.74 Å². The van der Waals surface area contributed by atoms with Crippen LogP contribution in [0.5, 0.6) is 0 Å². The van der Waals surface area contributed by atoms with Crippen LogP contribution in [0, 0.1) is 0 Å². The van der Waals surface area contributed by atoms with Crippen molar-refractivity contribution < 1.29 is 9.53 Å². The quantitative estimate of drug-likeness (QED) is 0.571. The fourth-order valence-electron chi connectivity index (χ4n) is 2.21. The third-order valence-electron chi connectivity index (χ3n) is 3.13. The fraction of sp³-hybridized carbons (Fsp3) is 0.462. The summed E-state index contributed by atoms with van der Waals surface area (Å²) in [6, 6.07) is 10.5. The number of carbonyl (C=O) groups is 1. The molecule has 0 amide bonds. The van der Waals surface area contributed by atoms with Crippen LogP contribution in [0.3, 0.4) is 0 Å². The second-order valence-corrected chi connectivity index (χ2v) is 4.10. The van der Waals surface area contributed by atoms with Gasteiger partial charge in [0.05, 0.1) is 7.11 Å². The minimum Gasteiger partial charge on any atom is -0.468 e. The van der Waals surface area contributed by atoms with Crippen molar-refractivity contribution in [2.24, 2.45) is 0 Å². The molecule has 1 aliphatic heterocycles. The molecule has 0 aliphatic carbocycles. The largest absolute Gasteiger partial charge is 0.468 e. The minimum atomic E-state index is -0.109. The summed E-state index contributed by atoms with van der Waals surface area (Å²) >= 11 is 0. The Labute approximate surface area is 96.0 Å². The maximum atomic E-state index is 11.5. The van der Waals surface area contributed by atoms with Crippen molar-refractivity contribution >= 4 is 5.97 Å². The van der Waals surface area contributed by atoms with E-state index in [4.69, 9.17) is 4.74 Å². The molecule has 86 valence electrons. The molecule has 0 spiro atoms. The van der Waals surface area contributed by atoms with Crippen LogP contribution in [0.25, 0.3) is 0 Å². The minimum absolute atomic E-state index is 0.0322. The van der Waals surface area contributed by atoms with Crippen LogP contribution >= 0.6 is 0 Å². The molecule has 0 saturated carbocycles. The summed E-state index contributed by atoms with van der Waals surface area (Å²) in [5.41, 5.74) is 1.24. The number of benzene rings is 1. The average molecular weight is 219 g/mol. The van der Waals surface area contributed by atoms with Crippen LogP contribution in [0.2, 0.25) is 0 Å². The van der Waals surface area contributed by atoms with Crippen LogP contribution in [-0.4, -0.2) is 30.1 Å². The highest BCUT2D eigenvalue weighted by Crippen LogP contribution is 2.33. The number of hydrogen-bond acceptors (Lipinski definition) is 3. The lowest BCUT2D eigenvalue weighted by Crippen LogP contribution is -2.14. The van der Waals surface area contributed by atoms with Crippen molar-refractivity contribution in [3.63, 3.8) is 0 Å². The second-order valence-electron chi connectivity index (χ2n) is 4.10. The molecule has 3 heteroatoms. The summed E-state index contributed by atoms with van der Waals surface area (Å²) in [4.78, 5) is 13.7. The Hall–Kier alpha value is -1.35. The van der Waals surface area contributed by atoms with Gasteiger partial charge in [0.25, 0.3) is 0 Å². The summed E-state index contributed by atoms with van der Waals surface area (Å²) in [7, 11) is 1.45. The summed E-state index contributed by atoms with van der Waals surface area (Å²) in [5.74, 6) is -0.109. The highest BCUT2D eigenvalue weighted by Gasteiger charge is 2.51. The van der Waals surface area contributed by atoms with Gasteiger partial charge in [-0.05, 0) is 12.0 Å². The standard InChI is InChI=1S/C13H17NO2/c1-3-11-12(13(15)16-2)14(11)9-10-7-5-4-6-8-10/h4-8,11-12H,3,9H2,1-2H3/t11-,12+,14?/m0/s1. The van der Waals surface area contributed by atoms with Crippen LogP contribution in [0.1, 0.15) is 18.9 Å². The first-order chi connectivity index (χ1) is 7.77. The third-order valence-corrected chi connectivity index (χ3v) is 3.13. The molecule has 3 nitrogen and oxygen atoms in total. The van der Waals surface area contributed by atoms with Crippen molar-refractivity contribution in [1.29, 1.82) is 0 Å². The summed E-state index contributed by atoms with van der Waals surface area (Å²) < 4.78 is 4.79. The Bertz CT molecular complexity index is 363. The van der Waals surface area contributed by atoms with Crippen LogP contribution < -0.4 is 0 Å². The van der Waals surface area contributed by atoms with Crippen LogP contribution in [0.4, 0.5) is 0 Å². The molecule has 0 N–H and O–H groups in total. The van der Waals surface area contributed by atoms with Crippen LogP contribution in [0.15, 0.2) is 30.3 Å². The van der Waals surface area contributed by atoms with E-state index in [1.54, 1.807) is 0 Å². The normalized spacial score (nSPS) is 27.5. The smallest absolute Gasteiger partial charge is 0.324 e. The first-order valence-electron chi connectivity index (χ1n) is 5.65. The van der Waals surface area contributed by atoms with Crippen molar-refractivity contribution in [2.75, 3.05) is 7.11 Å². The highest BCUT2D eigenvalue weighted by atomic mass is 16.5.